The Morgan fingerprint density at radius 1 is 1.47 bits per heavy atom. The molecule has 15 heavy (non-hydrogen) atoms. The van der Waals surface area contributed by atoms with Crippen LogP contribution in [0.25, 0.3) is 0 Å². The first-order valence-electron chi connectivity index (χ1n) is 5.07. The molecule has 0 unspecified atom stereocenters. The molecule has 0 aliphatic rings. The number of nitrogens with one attached hydrogen (secondary N) is 1. The van der Waals surface area contributed by atoms with Crippen molar-refractivity contribution in [3.05, 3.63) is 30.4 Å². The van der Waals surface area contributed by atoms with Crippen molar-refractivity contribution in [1.82, 2.24) is 0 Å². The van der Waals surface area contributed by atoms with Crippen molar-refractivity contribution in [2.24, 2.45) is 0 Å². The molecule has 0 aliphatic heterocycles. The number of nitrogens with two attached hydrogens (primary N) is 1. The van der Waals surface area contributed by atoms with Crippen molar-refractivity contribution < 1.29 is 4.74 Å². The standard InChI is InChI=1S/C12H18N2O/c1-3-4-5-9-14-10-7-6-8-11(15-2)12(10)13/h3-4,6-8,14H,5,9,13H2,1-2H3/b4-3+. The molecule has 3 N–H and O–H groups in total. The van der Waals surface area contributed by atoms with Crippen LogP contribution in [-0.2, 0) is 0 Å². The van der Waals surface area contributed by atoms with E-state index in [1.54, 1.807) is 7.11 Å². The lowest BCUT2D eigenvalue weighted by Gasteiger charge is -2.11. The van der Waals surface area contributed by atoms with Gasteiger partial charge in [-0.3, -0.25) is 0 Å². The Kier molecular flexibility index (Phi) is 4.54. The van der Waals surface area contributed by atoms with Crippen molar-refractivity contribution in [3.63, 3.8) is 0 Å². The molecule has 3 nitrogen and oxygen atoms in total. The normalized spacial score (nSPS) is 10.5. The van der Waals surface area contributed by atoms with Gasteiger partial charge in [-0.25, -0.2) is 0 Å². The molecule has 1 aromatic carbocycles. The fourth-order valence-electron chi connectivity index (χ4n) is 1.33. The molecule has 82 valence electrons. The molecule has 0 spiro atoms. The molecule has 0 radical (unpaired) electrons. The highest BCUT2D eigenvalue weighted by atomic mass is 16.5. The molecule has 1 rings (SSSR count). The van der Waals surface area contributed by atoms with E-state index in [1.165, 1.54) is 0 Å². The van der Waals surface area contributed by atoms with Gasteiger partial charge in [-0.1, -0.05) is 18.2 Å². The van der Waals surface area contributed by atoms with Crippen LogP contribution >= 0.6 is 0 Å². The number of hydrogen-bond acceptors (Lipinski definition) is 3. The molecule has 0 bridgehead atoms. The Hall–Kier alpha value is -1.64. The van der Waals surface area contributed by atoms with Gasteiger partial charge in [0.15, 0.2) is 0 Å². The molecule has 1 aromatic rings. The summed E-state index contributed by atoms with van der Waals surface area (Å²) in [5.74, 6) is 0.714. The van der Waals surface area contributed by atoms with Crippen LogP contribution in [0.1, 0.15) is 13.3 Å². The second-order valence-corrected chi connectivity index (χ2v) is 3.21. The Balaban J connectivity index is 2.60. The summed E-state index contributed by atoms with van der Waals surface area (Å²) in [6.45, 7) is 2.89. The van der Waals surface area contributed by atoms with Gasteiger partial charge >= 0.3 is 0 Å². The Morgan fingerprint density at radius 3 is 2.93 bits per heavy atom. The monoisotopic (exact) mass is 206 g/mol. The molecular weight excluding hydrogens is 188 g/mol. The third-order valence-electron chi connectivity index (χ3n) is 2.15. The van der Waals surface area contributed by atoms with Crippen LogP contribution in [0.3, 0.4) is 0 Å². The average Bonchev–Trinajstić information content (AvgIpc) is 2.26. The molecule has 0 heterocycles. The largest absolute Gasteiger partial charge is 0.495 e. The SMILES string of the molecule is C/C=C/CCNc1cccc(OC)c1N. The predicted molar refractivity (Wildman–Crippen MR) is 65.3 cm³/mol. The molecule has 0 atom stereocenters. The molecule has 0 aromatic heterocycles. The lowest BCUT2D eigenvalue weighted by atomic mass is 10.2. The quantitative estimate of drug-likeness (QED) is 0.442. The van der Waals surface area contributed by atoms with Gasteiger partial charge in [0, 0.05) is 6.54 Å². The third kappa shape index (κ3) is 3.20. The van der Waals surface area contributed by atoms with E-state index in [4.69, 9.17) is 10.5 Å². The second kappa shape index (κ2) is 5.96. The minimum atomic E-state index is 0.667. The highest BCUT2D eigenvalue weighted by Crippen LogP contribution is 2.28. The van der Waals surface area contributed by atoms with E-state index in [1.807, 2.05) is 31.2 Å². The number of hydrogen-bond donors (Lipinski definition) is 2. The predicted octanol–water partition coefficient (Wildman–Crippen LogP) is 2.66. The summed E-state index contributed by atoms with van der Waals surface area (Å²) in [4.78, 5) is 0. The van der Waals surface area contributed by atoms with Crippen LogP contribution in [0.2, 0.25) is 0 Å². The van der Waals surface area contributed by atoms with Gasteiger partial charge in [0.25, 0.3) is 0 Å². The minimum Gasteiger partial charge on any atom is -0.495 e. The summed E-state index contributed by atoms with van der Waals surface area (Å²) in [5, 5.41) is 3.27. The lowest BCUT2D eigenvalue weighted by molar-refractivity contribution is 0.417. The number of methoxy groups -OCH3 is 1. The molecule has 0 aliphatic carbocycles. The first-order valence-corrected chi connectivity index (χ1v) is 5.07. The van der Waals surface area contributed by atoms with Crippen LogP contribution in [0, 0.1) is 0 Å². The maximum Gasteiger partial charge on any atom is 0.143 e. The molecule has 0 fully saturated rings. The number of para-hydroxylation sites is 1. The van der Waals surface area contributed by atoms with E-state index < -0.39 is 0 Å². The maximum atomic E-state index is 5.90. The van der Waals surface area contributed by atoms with Gasteiger partial charge in [0.1, 0.15) is 5.75 Å². The molecular formula is C12H18N2O. The van der Waals surface area contributed by atoms with Crippen LogP contribution in [0.4, 0.5) is 11.4 Å². The lowest BCUT2D eigenvalue weighted by Crippen LogP contribution is -2.04. The van der Waals surface area contributed by atoms with Crippen LogP contribution in [0.5, 0.6) is 5.75 Å². The summed E-state index contributed by atoms with van der Waals surface area (Å²) in [6, 6.07) is 5.73. The van der Waals surface area contributed by atoms with Crippen LogP contribution in [-0.4, -0.2) is 13.7 Å². The van der Waals surface area contributed by atoms with Crippen molar-refractivity contribution in [2.45, 2.75) is 13.3 Å². The minimum absolute atomic E-state index is 0.667. The summed E-state index contributed by atoms with van der Waals surface area (Å²) in [5.41, 5.74) is 7.50. The number of nitrogen functional groups attached to an aromatic ring is 1. The van der Waals surface area contributed by atoms with E-state index >= 15 is 0 Å². The molecule has 0 saturated carbocycles. The smallest absolute Gasteiger partial charge is 0.143 e. The van der Waals surface area contributed by atoms with Crippen molar-refractivity contribution in [3.8, 4) is 5.75 Å². The van der Waals surface area contributed by atoms with Gasteiger partial charge in [-0.05, 0) is 25.5 Å². The number of allylic oxidation sites excluding steroid dienone is 1. The van der Waals surface area contributed by atoms with E-state index in [2.05, 4.69) is 11.4 Å². The number of ether oxygens (including phenoxy) is 1. The van der Waals surface area contributed by atoms with E-state index in [-0.39, 0.29) is 0 Å². The highest BCUT2D eigenvalue weighted by Gasteiger charge is 2.03. The molecule has 0 saturated heterocycles. The Morgan fingerprint density at radius 2 is 2.27 bits per heavy atom. The third-order valence-corrected chi connectivity index (χ3v) is 2.15. The maximum absolute atomic E-state index is 5.90. The van der Waals surface area contributed by atoms with Crippen molar-refractivity contribution in [1.29, 1.82) is 0 Å². The Bertz CT molecular complexity index is 334. The van der Waals surface area contributed by atoms with Crippen LogP contribution in [0.15, 0.2) is 30.4 Å². The van der Waals surface area contributed by atoms with Gasteiger partial charge in [0.2, 0.25) is 0 Å². The zero-order valence-corrected chi connectivity index (χ0v) is 9.29. The second-order valence-electron chi connectivity index (χ2n) is 3.21. The average molecular weight is 206 g/mol. The Labute approximate surface area is 90.9 Å². The van der Waals surface area contributed by atoms with E-state index in [0.717, 1.165) is 18.7 Å². The zero-order chi connectivity index (χ0) is 11.1. The first kappa shape index (κ1) is 11.4. The van der Waals surface area contributed by atoms with Gasteiger partial charge in [-0.15, -0.1) is 0 Å². The number of rotatable bonds is 5. The zero-order valence-electron chi connectivity index (χ0n) is 9.29. The summed E-state index contributed by atoms with van der Waals surface area (Å²) in [7, 11) is 1.62. The van der Waals surface area contributed by atoms with E-state index in [0.29, 0.717) is 11.4 Å². The molecule has 0 amide bonds. The van der Waals surface area contributed by atoms with Crippen LogP contribution < -0.4 is 15.8 Å². The fourth-order valence-corrected chi connectivity index (χ4v) is 1.33. The van der Waals surface area contributed by atoms with Crippen molar-refractivity contribution in [2.75, 3.05) is 24.7 Å². The first-order chi connectivity index (χ1) is 7.29. The summed E-state index contributed by atoms with van der Waals surface area (Å²) in [6.07, 6.45) is 5.15. The fraction of sp³-hybridized carbons (Fsp3) is 0.333. The summed E-state index contributed by atoms with van der Waals surface area (Å²) < 4.78 is 5.13. The van der Waals surface area contributed by atoms with Gasteiger partial charge in [0.05, 0.1) is 18.5 Å². The van der Waals surface area contributed by atoms with Gasteiger partial charge in [-0.2, -0.15) is 0 Å². The van der Waals surface area contributed by atoms with Crippen molar-refractivity contribution >= 4 is 11.4 Å². The number of benzene rings is 1. The molecule has 3 heteroatoms. The van der Waals surface area contributed by atoms with Gasteiger partial charge < -0.3 is 15.8 Å². The number of anilines is 2. The van der Waals surface area contributed by atoms with E-state index in [9.17, 15) is 0 Å². The topological polar surface area (TPSA) is 47.3 Å². The summed E-state index contributed by atoms with van der Waals surface area (Å²) >= 11 is 0. The highest BCUT2D eigenvalue weighted by molar-refractivity contribution is 5.72.